The molecule has 1 aromatic carbocycles. The van der Waals surface area contributed by atoms with Gasteiger partial charge in [0.1, 0.15) is 0 Å². The van der Waals surface area contributed by atoms with Crippen LogP contribution in [0.3, 0.4) is 0 Å². The predicted molar refractivity (Wildman–Crippen MR) is 71.0 cm³/mol. The van der Waals surface area contributed by atoms with Gasteiger partial charge in [-0.1, -0.05) is 29.8 Å². The summed E-state index contributed by atoms with van der Waals surface area (Å²) in [5.41, 5.74) is 2.11. The second-order valence-corrected chi connectivity index (χ2v) is 4.02. The summed E-state index contributed by atoms with van der Waals surface area (Å²) < 4.78 is 0. The molecule has 0 saturated heterocycles. The number of amides is 1. The van der Waals surface area contributed by atoms with Gasteiger partial charge >= 0.3 is 0 Å². The molecule has 0 bridgehead atoms. The van der Waals surface area contributed by atoms with Crippen LogP contribution in [0.2, 0.25) is 0 Å². The number of nitrogens with zero attached hydrogens (tertiary/aromatic N) is 1. The third kappa shape index (κ3) is 4.69. The van der Waals surface area contributed by atoms with E-state index in [1.807, 2.05) is 31.2 Å². The van der Waals surface area contributed by atoms with Crippen LogP contribution >= 0.6 is 0 Å². The quantitative estimate of drug-likeness (QED) is 0.734. The number of aryl methyl sites for hydroxylation is 1. The third-order valence-corrected chi connectivity index (χ3v) is 2.55. The van der Waals surface area contributed by atoms with Crippen LogP contribution in [-0.4, -0.2) is 47.3 Å². The Kier molecular flexibility index (Phi) is 6.11. The molecular weight excluding hydrogens is 230 g/mol. The Morgan fingerprint density at radius 3 is 2.22 bits per heavy atom. The van der Waals surface area contributed by atoms with Gasteiger partial charge in [0, 0.05) is 19.2 Å². The van der Waals surface area contributed by atoms with E-state index in [0.717, 1.165) is 5.56 Å². The number of hydrogen-bond donors (Lipinski definition) is 2. The molecule has 0 fully saturated rings. The average Bonchev–Trinajstić information content (AvgIpc) is 2.37. The van der Waals surface area contributed by atoms with Gasteiger partial charge < -0.3 is 15.1 Å². The highest BCUT2D eigenvalue weighted by atomic mass is 16.3. The van der Waals surface area contributed by atoms with Crippen molar-refractivity contribution in [3.05, 3.63) is 41.5 Å². The largest absolute Gasteiger partial charge is 0.395 e. The van der Waals surface area contributed by atoms with Gasteiger partial charge in [0.05, 0.1) is 13.2 Å². The number of carbonyl (C=O) groups is 1. The van der Waals surface area contributed by atoms with Crippen molar-refractivity contribution in [1.29, 1.82) is 0 Å². The lowest BCUT2D eigenvalue weighted by atomic mass is 10.1. The van der Waals surface area contributed by atoms with E-state index < -0.39 is 0 Å². The van der Waals surface area contributed by atoms with Crippen molar-refractivity contribution >= 4 is 12.0 Å². The van der Waals surface area contributed by atoms with Crippen LogP contribution in [-0.2, 0) is 4.79 Å². The number of hydrogen-bond acceptors (Lipinski definition) is 3. The molecule has 0 radical (unpaired) electrons. The Labute approximate surface area is 107 Å². The zero-order valence-electron chi connectivity index (χ0n) is 10.5. The van der Waals surface area contributed by atoms with E-state index in [1.165, 1.54) is 16.5 Å². The van der Waals surface area contributed by atoms with E-state index >= 15 is 0 Å². The fraction of sp³-hybridized carbons (Fsp3) is 0.357. The lowest BCUT2D eigenvalue weighted by Crippen LogP contribution is -2.34. The highest BCUT2D eigenvalue weighted by molar-refractivity contribution is 5.91. The van der Waals surface area contributed by atoms with E-state index in [-0.39, 0.29) is 32.2 Å². The molecule has 0 spiro atoms. The summed E-state index contributed by atoms with van der Waals surface area (Å²) >= 11 is 0. The number of rotatable bonds is 6. The molecule has 0 saturated carbocycles. The van der Waals surface area contributed by atoms with E-state index in [0.29, 0.717) is 0 Å². The van der Waals surface area contributed by atoms with Crippen LogP contribution in [0.4, 0.5) is 0 Å². The molecule has 2 N–H and O–H groups in total. The molecule has 1 aromatic rings. The fourth-order valence-electron chi connectivity index (χ4n) is 1.52. The fourth-order valence-corrected chi connectivity index (χ4v) is 1.52. The smallest absolute Gasteiger partial charge is 0.246 e. The first-order valence-corrected chi connectivity index (χ1v) is 5.92. The molecule has 0 aliphatic carbocycles. The lowest BCUT2D eigenvalue weighted by Gasteiger charge is -2.18. The van der Waals surface area contributed by atoms with Crippen molar-refractivity contribution in [2.24, 2.45) is 0 Å². The first-order valence-electron chi connectivity index (χ1n) is 5.92. The number of carbonyl (C=O) groups excluding carboxylic acids is 1. The normalized spacial score (nSPS) is 10.8. The summed E-state index contributed by atoms with van der Waals surface area (Å²) in [6.45, 7) is 2.26. The molecule has 18 heavy (non-hydrogen) atoms. The lowest BCUT2D eigenvalue weighted by molar-refractivity contribution is -0.126. The van der Waals surface area contributed by atoms with E-state index in [4.69, 9.17) is 10.2 Å². The van der Waals surface area contributed by atoms with Crippen molar-refractivity contribution in [3.63, 3.8) is 0 Å². The third-order valence-electron chi connectivity index (χ3n) is 2.55. The van der Waals surface area contributed by atoms with Gasteiger partial charge in [-0.2, -0.15) is 0 Å². The minimum absolute atomic E-state index is 0.107. The summed E-state index contributed by atoms with van der Waals surface area (Å²) in [6.07, 6.45) is 3.18. The summed E-state index contributed by atoms with van der Waals surface area (Å²) in [4.78, 5) is 13.2. The molecule has 0 unspecified atom stereocenters. The first-order chi connectivity index (χ1) is 8.67. The standard InChI is InChI=1S/C14H19NO3/c1-12-2-4-13(5-3-12)6-7-14(18)15(8-10-16)9-11-17/h2-7,16-17H,8-11H2,1H3. The Balaban J connectivity index is 2.63. The van der Waals surface area contributed by atoms with Gasteiger partial charge in [-0.25, -0.2) is 0 Å². The maximum Gasteiger partial charge on any atom is 0.246 e. The van der Waals surface area contributed by atoms with Crippen molar-refractivity contribution in [2.75, 3.05) is 26.3 Å². The van der Waals surface area contributed by atoms with Gasteiger partial charge in [-0.15, -0.1) is 0 Å². The maximum atomic E-state index is 11.8. The molecule has 98 valence electrons. The van der Waals surface area contributed by atoms with Gasteiger partial charge in [-0.05, 0) is 18.6 Å². The van der Waals surface area contributed by atoms with E-state index in [9.17, 15) is 4.79 Å². The van der Waals surface area contributed by atoms with Crippen molar-refractivity contribution in [3.8, 4) is 0 Å². The van der Waals surface area contributed by atoms with Gasteiger partial charge in [0.25, 0.3) is 0 Å². The zero-order chi connectivity index (χ0) is 13.4. The number of aliphatic hydroxyl groups is 2. The van der Waals surface area contributed by atoms with Crippen LogP contribution in [0.25, 0.3) is 6.08 Å². The Bertz CT molecular complexity index is 392. The maximum absolute atomic E-state index is 11.8. The molecule has 0 aliphatic rings. The van der Waals surface area contributed by atoms with Crippen molar-refractivity contribution < 1.29 is 15.0 Å². The highest BCUT2D eigenvalue weighted by Crippen LogP contribution is 2.05. The Morgan fingerprint density at radius 1 is 1.17 bits per heavy atom. The molecule has 4 heteroatoms. The van der Waals surface area contributed by atoms with Crippen LogP contribution in [0, 0.1) is 6.92 Å². The molecule has 0 atom stereocenters. The molecule has 0 heterocycles. The SMILES string of the molecule is Cc1ccc(C=CC(=O)N(CCO)CCO)cc1. The van der Waals surface area contributed by atoms with Crippen molar-refractivity contribution in [2.45, 2.75) is 6.92 Å². The topological polar surface area (TPSA) is 60.8 Å². The predicted octanol–water partition coefficient (Wildman–Crippen LogP) is 0.821. The second kappa shape index (κ2) is 7.63. The molecule has 4 nitrogen and oxygen atoms in total. The van der Waals surface area contributed by atoms with Gasteiger partial charge in [0.15, 0.2) is 0 Å². The molecule has 0 aliphatic heterocycles. The summed E-state index contributed by atoms with van der Waals surface area (Å²) in [5.74, 6) is -0.210. The van der Waals surface area contributed by atoms with E-state index in [1.54, 1.807) is 6.08 Å². The van der Waals surface area contributed by atoms with Crippen LogP contribution in [0.5, 0.6) is 0 Å². The zero-order valence-corrected chi connectivity index (χ0v) is 10.5. The van der Waals surface area contributed by atoms with Crippen LogP contribution in [0.1, 0.15) is 11.1 Å². The number of aliphatic hydroxyl groups excluding tert-OH is 2. The monoisotopic (exact) mass is 249 g/mol. The molecule has 0 aromatic heterocycles. The highest BCUT2D eigenvalue weighted by Gasteiger charge is 2.08. The van der Waals surface area contributed by atoms with Gasteiger partial charge in [0.2, 0.25) is 5.91 Å². The Hall–Kier alpha value is -1.65. The average molecular weight is 249 g/mol. The molecular formula is C14H19NO3. The molecule has 1 amide bonds. The summed E-state index contributed by atoms with van der Waals surface area (Å²) in [6, 6.07) is 7.82. The minimum atomic E-state index is -0.210. The van der Waals surface area contributed by atoms with Crippen LogP contribution < -0.4 is 0 Å². The number of benzene rings is 1. The second-order valence-electron chi connectivity index (χ2n) is 4.02. The molecule has 1 rings (SSSR count). The summed E-state index contributed by atoms with van der Waals surface area (Å²) in [7, 11) is 0. The first kappa shape index (κ1) is 14.4. The van der Waals surface area contributed by atoms with Crippen molar-refractivity contribution in [1.82, 2.24) is 4.90 Å². The van der Waals surface area contributed by atoms with Gasteiger partial charge in [-0.3, -0.25) is 4.79 Å². The summed E-state index contributed by atoms with van der Waals surface area (Å²) in [5, 5.41) is 17.7. The minimum Gasteiger partial charge on any atom is -0.395 e. The van der Waals surface area contributed by atoms with Crippen LogP contribution in [0.15, 0.2) is 30.3 Å². The Morgan fingerprint density at radius 2 is 1.72 bits per heavy atom. The van der Waals surface area contributed by atoms with E-state index in [2.05, 4.69) is 0 Å².